The highest BCUT2D eigenvalue weighted by molar-refractivity contribution is 6.10. The van der Waals surface area contributed by atoms with E-state index in [9.17, 15) is 4.79 Å². The van der Waals surface area contributed by atoms with Gasteiger partial charge in [0.1, 0.15) is 5.84 Å². The molecule has 0 aliphatic heterocycles. The van der Waals surface area contributed by atoms with Gasteiger partial charge in [0.05, 0.1) is 6.26 Å². The number of nitrogens with zero attached hydrogens (tertiary/aromatic N) is 1. The van der Waals surface area contributed by atoms with Crippen LogP contribution in [0.1, 0.15) is 16.1 Å². The van der Waals surface area contributed by atoms with Gasteiger partial charge in [0.15, 0.2) is 5.76 Å². The lowest BCUT2D eigenvalue weighted by molar-refractivity contribution is 0.0976. The second-order valence-electron chi connectivity index (χ2n) is 3.63. The second kappa shape index (κ2) is 4.62. The molecular formula is C12H12N4O2. The van der Waals surface area contributed by atoms with Crippen LogP contribution in [-0.4, -0.2) is 11.7 Å². The van der Waals surface area contributed by atoms with Crippen LogP contribution in [0.4, 0.5) is 11.4 Å². The Hall–Kier alpha value is -2.76. The van der Waals surface area contributed by atoms with E-state index in [1.165, 1.54) is 12.3 Å². The maximum atomic E-state index is 11.7. The molecule has 0 fully saturated rings. The minimum absolute atomic E-state index is 0.00111. The third-order valence-corrected chi connectivity index (χ3v) is 2.31. The maximum absolute atomic E-state index is 11.7. The molecule has 0 unspecified atom stereocenters. The van der Waals surface area contributed by atoms with Crippen LogP contribution in [0, 0.1) is 0 Å². The normalized spacial score (nSPS) is 11.4. The van der Waals surface area contributed by atoms with E-state index in [0.29, 0.717) is 16.9 Å². The Kier molecular flexibility index (Phi) is 3.01. The Bertz CT molecular complexity index is 603. The highest BCUT2D eigenvalue weighted by Crippen LogP contribution is 2.15. The average Bonchev–Trinajstić information content (AvgIpc) is 2.85. The number of carbonyl (C=O) groups excluding carboxylic acids is 1. The van der Waals surface area contributed by atoms with Crippen LogP contribution in [-0.2, 0) is 0 Å². The molecule has 0 bridgehead atoms. The predicted molar refractivity (Wildman–Crippen MR) is 69.0 cm³/mol. The fraction of sp³-hybridized carbons (Fsp3) is 0. The van der Waals surface area contributed by atoms with Crippen molar-refractivity contribution < 1.29 is 9.21 Å². The molecule has 0 saturated heterocycles. The van der Waals surface area contributed by atoms with Crippen LogP contribution in [0.2, 0.25) is 0 Å². The van der Waals surface area contributed by atoms with Crippen molar-refractivity contribution >= 4 is 23.1 Å². The molecule has 0 aliphatic carbocycles. The summed E-state index contributed by atoms with van der Waals surface area (Å²) >= 11 is 0. The molecule has 0 atom stereocenters. The molecule has 6 nitrogen and oxygen atoms in total. The van der Waals surface area contributed by atoms with Crippen LogP contribution in [0.3, 0.4) is 0 Å². The van der Waals surface area contributed by atoms with E-state index in [1.807, 2.05) is 0 Å². The zero-order valence-corrected chi connectivity index (χ0v) is 9.46. The molecule has 0 spiro atoms. The molecule has 1 amide bonds. The molecule has 6 N–H and O–H groups in total. The van der Waals surface area contributed by atoms with Gasteiger partial charge in [-0.2, -0.15) is 4.99 Å². The molecule has 1 aromatic carbocycles. The first-order chi connectivity index (χ1) is 8.58. The van der Waals surface area contributed by atoms with E-state index in [1.54, 1.807) is 24.3 Å². The molecule has 2 aromatic rings. The highest BCUT2D eigenvalue weighted by Gasteiger charge is 2.10. The van der Waals surface area contributed by atoms with Crippen molar-refractivity contribution in [3.8, 4) is 0 Å². The third kappa shape index (κ3) is 2.32. The lowest BCUT2D eigenvalue weighted by Gasteiger charge is -2.05. The van der Waals surface area contributed by atoms with Gasteiger partial charge >= 0.3 is 5.91 Å². The van der Waals surface area contributed by atoms with Gasteiger partial charge in [-0.1, -0.05) is 0 Å². The number of nitrogen functional groups attached to an aromatic ring is 2. The van der Waals surface area contributed by atoms with Gasteiger partial charge in [0.2, 0.25) is 0 Å². The van der Waals surface area contributed by atoms with Gasteiger partial charge in [-0.15, -0.1) is 0 Å². The largest absolute Gasteiger partial charge is 0.459 e. The third-order valence-electron chi connectivity index (χ3n) is 2.31. The number of anilines is 2. The van der Waals surface area contributed by atoms with Crippen LogP contribution in [0.25, 0.3) is 0 Å². The quantitative estimate of drug-likeness (QED) is 0.413. The first-order valence-corrected chi connectivity index (χ1v) is 5.15. The van der Waals surface area contributed by atoms with Crippen molar-refractivity contribution in [3.63, 3.8) is 0 Å². The van der Waals surface area contributed by atoms with E-state index >= 15 is 0 Å². The van der Waals surface area contributed by atoms with Gasteiger partial charge in [-0.05, 0) is 30.3 Å². The number of hydrogen-bond acceptors (Lipinski definition) is 4. The molecule has 1 aromatic heterocycles. The molecule has 2 rings (SSSR count). The summed E-state index contributed by atoms with van der Waals surface area (Å²) in [7, 11) is 0. The molecule has 0 radical (unpaired) electrons. The first kappa shape index (κ1) is 11.7. The Balaban J connectivity index is 2.33. The number of rotatable bonds is 2. The number of aliphatic imine (C=N–C) groups is 1. The van der Waals surface area contributed by atoms with Crippen molar-refractivity contribution in [2.45, 2.75) is 0 Å². The summed E-state index contributed by atoms with van der Waals surface area (Å²) < 4.78 is 4.92. The van der Waals surface area contributed by atoms with Crippen LogP contribution in [0.5, 0.6) is 0 Å². The molecule has 0 aliphatic rings. The van der Waals surface area contributed by atoms with Gasteiger partial charge in [-0.3, -0.25) is 4.79 Å². The van der Waals surface area contributed by atoms with Crippen molar-refractivity contribution in [3.05, 3.63) is 47.9 Å². The Morgan fingerprint density at radius 3 is 2.67 bits per heavy atom. The number of furan rings is 1. The maximum Gasteiger partial charge on any atom is 0.314 e. The number of amides is 1. The fourth-order valence-corrected chi connectivity index (χ4v) is 1.42. The first-order valence-electron chi connectivity index (χ1n) is 5.15. The molecule has 6 heteroatoms. The van der Waals surface area contributed by atoms with Crippen LogP contribution < -0.4 is 17.2 Å². The molecular weight excluding hydrogens is 232 g/mol. The van der Waals surface area contributed by atoms with Crippen molar-refractivity contribution in [2.24, 2.45) is 10.7 Å². The molecule has 18 heavy (non-hydrogen) atoms. The summed E-state index contributed by atoms with van der Waals surface area (Å²) in [5.74, 6) is -0.457. The van der Waals surface area contributed by atoms with E-state index in [2.05, 4.69) is 4.99 Å². The number of amidine groups is 1. The summed E-state index contributed by atoms with van der Waals surface area (Å²) in [6, 6.07) is 7.89. The SMILES string of the molecule is NC(=NC(=O)c1ccco1)c1cc(N)ccc1N. The van der Waals surface area contributed by atoms with Gasteiger partial charge in [0.25, 0.3) is 0 Å². The summed E-state index contributed by atoms with van der Waals surface area (Å²) in [5, 5.41) is 0. The monoisotopic (exact) mass is 244 g/mol. The minimum Gasteiger partial charge on any atom is -0.459 e. The standard InChI is InChI=1S/C12H12N4O2/c13-7-3-4-9(14)8(6-7)11(15)16-12(17)10-2-1-5-18-10/h1-6H,13-14H2,(H2,15,16,17). The fourth-order valence-electron chi connectivity index (χ4n) is 1.42. The molecule has 92 valence electrons. The van der Waals surface area contributed by atoms with Crippen molar-refractivity contribution in [1.29, 1.82) is 0 Å². The highest BCUT2D eigenvalue weighted by atomic mass is 16.3. The minimum atomic E-state index is -0.570. The van der Waals surface area contributed by atoms with E-state index in [4.69, 9.17) is 21.6 Å². The van der Waals surface area contributed by atoms with Crippen LogP contribution >= 0.6 is 0 Å². The number of nitrogens with two attached hydrogens (primary N) is 3. The van der Waals surface area contributed by atoms with Crippen LogP contribution in [0.15, 0.2) is 46.0 Å². The lowest BCUT2D eigenvalue weighted by atomic mass is 10.1. The molecule has 1 heterocycles. The van der Waals surface area contributed by atoms with Gasteiger partial charge < -0.3 is 21.6 Å². The number of benzene rings is 1. The van der Waals surface area contributed by atoms with E-state index < -0.39 is 5.91 Å². The Labute approximate surface area is 103 Å². The topological polar surface area (TPSA) is 121 Å². The Morgan fingerprint density at radius 2 is 2.00 bits per heavy atom. The summed E-state index contributed by atoms with van der Waals surface area (Å²) in [6.07, 6.45) is 1.38. The lowest BCUT2D eigenvalue weighted by Crippen LogP contribution is -2.18. The average molecular weight is 244 g/mol. The van der Waals surface area contributed by atoms with Gasteiger partial charge in [-0.25, -0.2) is 0 Å². The smallest absolute Gasteiger partial charge is 0.314 e. The zero-order chi connectivity index (χ0) is 13.1. The zero-order valence-electron chi connectivity index (χ0n) is 9.46. The Morgan fingerprint density at radius 1 is 1.22 bits per heavy atom. The summed E-state index contributed by atoms with van der Waals surface area (Å²) in [4.78, 5) is 15.4. The predicted octanol–water partition coefficient (Wildman–Crippen LogP) is 0.990. The second-order valence-corrected chi connectivity index (χ2v) is 3.63. The van der Waals surface area contributed by atoms with E-state index in [0.717, 1.165) is 0 Å². The summed E-state index contributed by atoms with van der Waals surface area (Å²) in [5.41, 5.74) is 18.4. The van der Waals surface area contributed by atoms with Crippen molar-refractivity contribution in [1.82, 2.24) is 0 Å². The van der Waals surface area contributed by atoms with E-state index in [-0.39, 0.29) is 11.6 Å². The number of hydrogen-bond donors (Lipinski definition) is 3. The van der Waals surface area contributed by atoms with Gasteiger partial charge in [0, 0.05) is 16.9 Å². The molecule has 0 saturated carbocycles. The number of carbonyl (C=O) groups is 1. The summed E-state index contributed by atoms with van der Waals surface area (Å²) in [6.45, 7) is 0. The van der Waals surface area contributed by atoms with Crippen molar-refractivity contribution in [2.75, 3.05) is 11.5 Å².